The van der Waals surface area contributed by atoms with E-state index in [1.807, 2.05) is 79.1 Å². The Labute approximate surface area is 282 Å². The van der Waals surface area contributed by atoms with Crippen LogP contribution in [0.1, 0.15) is 81.7 Å². The first-order valence-corrected chi connectivity index (χ1v) is 16.4. The van der Waals surface area contributed by atoms with Crippen LogP contribution in [0.5, 0.6) is 0 Å². The molecule has 4 aromatic rings. The molecule has 2 atom stereocenters. The second-order valence-corrected chi connectivity index (χ2v) is 13.4. The summed E-state index contributed by atoms with van der Waals surface area (Å²) in [7, 11) is 0. The van der Waals surface area contributed by atoms with Crippen LogP contribution in [-0.4, -0.2) is 61.2 Å². The van der Waals surface area contributed by atoms with Gasteiger partial charge in [-0.2, -0.15) is 0 Å². The lowest BCUT2D eigenvalue weighted by Gasteiger charge is -2.24. The summed E-state index contributed by atoms with van der Waals surface area (Å²) in [5.41, 5.74) is 4.11. The number of aromatic nitrogens is 1. The fourth-order valence-corrected chi connectivity index (χ4v) is 6.01. The Morgan fingerprint density at radius 2 is 1.44 bits per heavy atom. The number of aliphatic hydroxyl groups is 3. The monoisotopic (exact) mass is 658 g/mol. The van der Waals surface area contributed by atoms with Crippen LogP contribution in [0.3, 0.4) is 0 Å². The zero-order chi connectivity index (χ0) is 35.0. The van der Waals surface area contributed by atoms with Gasteiger partial charge in [0.15, 0.2) is 0 Å². The minimum Gasteiger partial charge on any atom is -0.460 e. The maximum atomic E-state index is 14.6. The van der Waals surface area contributed by atoms with Gasteiger partial charge in [-0.25, -0.2) is 4.39 Å². The summed E-state index contributed by atoms with van der Waals surface area (Å²) in [6, 6.07) is 24.8. The molecule has 3 N–H and O–H groups in total. The molecule has 3 aromatic carbocycles. The van der Waals surface area contributed by atoms with E-state index in [-0.39, 0.29) is 37.8 Å². The van der Waals surface area contributed by atoms with Gasteiger partial charge in [0.25, 0.3) is 5.91 Å². The number of ether oxygens (including phenoxy) is 1. The molecule has 0 aliphatic heterocycles. The van der Waals surface area contributed by atoms with E-state index in [0.717, 1.165) is 22.4 Å². The van der Waals surface area contributed by atoms with E-state index in [9.17, 15) is 29.3 Å². The fraction of sp³-hybridized carbons (Fsp3) is 0.385. The number of hydrogen-bond donors (Lipinski definition) is 3. The third-order valence-electron chi connectivity index (χ3n) is 7.98. The first kappa shape index (κ1) is 36.5. The molecule has 2 unspecified atom stereocenters. The van der Waals surface area contributed by atoms with Crippen molar-refractivity contribution in [1.29, 1.82) is 0 Å². The Kier molecular flexibility index (Phi) is 12.3. The van der Waals surface area contributed by atoms with Crippen molar-refractivity contribution in [2.45, 2.75) is 90.7 Å². The summed E-state index contributed by atoms with van der Waals surface area (Å²) in [6.45, 7) is 8.84. The standard InChI is InChI=1S/C39H47FN2O6/c1-26(2)42-33(21-20-31(44)22-32(45)23-34(46)48-39(3,4)5)35(29-16-18-30(40)19-17-29)36(28-14-10-7-11-15-28)37(42)38(47)41(25-43)24-27-12-8-6-9-13-27/h6-19,26,31-32,43-45H,20-25H2,1-5H3. The molecule has 8 nitrogen and oxygen atoms in total. The van der Waals surface area contributed by atoms with Gasteiger partial charge in [0.2, 0.25) is 0 Å². The summed E-state index contributed by atoms with van der Waals surface area (Å²) >= 11 is 0. The molecule has 48 heavy (non-hydrogen) atoms. The molecule has 4 rings (SSSR count). The molecule has 1 aromatic heterocycles. The molecule has 1 heterocycles. The first-order chi connectivity index (χ1) is 22.8. The van der Waals surface area contributed by atoms with E-state index in [4.69, 9.17) is 4.74 Å². The Balaban J connectivity index is 1.81. The molecule has 0 radical (unpaired) electrons. The topological polar surface area (TPSA) is 112 Å². The highest BCUT2D eigenvalue weighted by molar-refractivity contribution is 6.05. The van der Waals surface area contributed by atoms with E-state index in [2.05, 4.69) is 0 Å². The minimum atomic E-state index is -1.10. The predicted molar refractivity (Wildman–Crippen MR) is 184 cm³/mol. The maximum Gasteiger partial charge on any atom is 0.308 e. The van der Waals surface area contributed by atoms with Crippen LogP contribution in [0.2, 0.25) is 0 Å². The Hall–Kier alpha value is -4.31. The van der Waals surface area contributed by atoms with E-state index in [1.165, 1.54) is 17.0 Å². The average Bonchev–Trinajstić information content (AvgIpc) is 3.38. The highest BCUT2D eigenvalue weighted by atomic mass is 19.1. The molecule has 256 valence electrons. The third-order valence-corrected chi connectivity index (χ3v) is 7.98. The lowest BCUT2D eigenvalue weighted by atomic mass is 9.92. The van der Waals surface area contributed by atoms with Crippen LogP contribution < -0.4 is 0 Å². The first-order valence-electron chi connectivity index (χ1n) is 16.4. The van der Waals surface area contributed by atoms with Gasteiger partial charge in [-0.15, -0.1) is 0 Å². The molecular weight excluding hydrogens is 611 g/mol. The zero-order valence-electron chi connectivity index (χ0n) is 28.4. The number of amides is 1. The van der Waals surface area contributed by atoms with Crippen LogP contribution in [-0.2, 0) is 22.5 Å². The van der Waals surface area contributed by atoms with Crippen LogP contribution in [0.15, 0.2) is 84.9 Å². The van der Waals surface area contributed by atoms with Crippen molar-refractivity contribution in [2.24, 2.45) is 0 Å². The molecule has 0 aliphatic carbocycles. The molecule has 9 heteroatoms. The van der Waals surface area contributed by atoms with Gasteiger partial charge in [-0.1, -0.05) is 72.8 Å². The van der Waals surface area contributed by atoms with Crippen LogP contribution >= 0.6 is 0 Å². The number of carbonyl (C=O) groups excluding carboxylic acids is 2. The number of benzene rings is 3. The SMILES string of the molecule is CC(C)n1c(CCC(O)CC(O)CC(=O)OC(C)(C)C)c(-c2ccc(F)cc2)c(-c2ccccc2)c1C(=O)N(CO)Cc1ccccc1. The normalized spacial score (nSPS) is 13.0. The summed E-state index contributed by atoms with van der Waals surface area (Å²) < 4.78 is 21.5. The maximum absolute atomic E-state index is 14.6. The lowest BCUT2D eigenvalue weighted by molar-refractivity contribution is -0.157. The fourth-order valence-electron chi connectivity index (χ4n) is 6.01. The Morgan fingerprint density at radius 1 is 0.854 bits per heavy atom. The molecule has 0 fully saturated rings. The highest BCUT2D eigenvalue weighted by Crippen LogP contribution is 2.43. The van der Waals surface area contributed by atoms with Crippen molar-refractivity contribution in [3.63, 3.8) is 0 Å². The van der Waals surface area contributed by atoms with Crippen LogP contribution in [0, 0.1) is 5.82 Å². The summed E-state index contributed by atoms with van der Waals surface area (Å²) in [6.07, 6.45) is -1.84. The van der Waals surface area contributed by atoms with Crippen molar-refractivity contribution in [1.82, 2.24) is 9.47 Å². The number of esters is 1. The summed E-state index contributed by atoms with van der Waals surface area (Å²) in [5, 5.41) is 32.1. The number of aliphatic hydroxyl groups excluding tert-OH is 3. The number of halogens is 1. The summed E-state index contributed by atoms with van der Waals surface area (Å²) in [4.78, 5) is 28.2. The van der Waals surface area contributed by atoms with E-state index < -0.39 is 36.3 Å². The largest absolute Gasteiger partial charge is 0.460 e. The highest BCUT2D eigenvalue weighted by Gasteiger charge is 2.32. The van der Waals surface area contributed by atoms with Crippen LogP contribution in [0.4, 0.5) is 4.39 Å². The second-order valence-electron chi connectivity index (χ2n) is 13.4. The van der Waals surface area contributed by atoms with Crippen molar-refractivity contribution < 1.29 is 34.0 Å². The molecular formula is C39H47FN2O6. The minimum absolute atomic E-state index is 0.0415. The molecule has 0 saturated heterocycles. The summed E-state index contributed by atoms with van der Waals surface area (Å²) in [5.74, 6) is -1.32. The van der Waals surface area contributed by atoms with Crippen LogP contribution in [0.25, 0.3) is 22.3 Å². The van der Waals surface area contributed by atoms with Gasteiger partial charge < -0.3 is 29.5 Å². The lowest BCUT2D eigenvalue weighted by Crippen LogP contribution is -2.34. The molecule has 0 bridgehead atoms. The van der Waals surface area contributed by atoms with Gasteiger partial charge >= 0.3 is 5.97 Å². The molecule has 0 aliphatic rings. The van der Waals surface area contributed by atoms with Crippen molar-refractivity contribution in [3.05, 3.63) is 108 Å². The average molecular weight is 659 g/mol. The van der Waals surface area contributed by atoms with Crippen molar-refractivity contribution >= 4 is 11.9 Å². The second kappa shape index (κ2) is 16.2. The van der Waals surface area contributed by atoms with E-state index >= 15 is 0 Å². The smallest absolute Gasteiger partial charge is 0.308 e. The van der Waals surface area contributed by atoms with Gasteiger partial charge in [-0.05, 0) is 82.7 Å². The van der Waals surface area contributed by atoms with Gasteiger partial charge in [0.05, 0.1) is 18.6 Å². The van der Waals surface area contributed by atoms with Gasteiger partial charge in [-0.3, -0.25) is 9.59 Å². The molecule has 0 spiro atoms. The predicted octanol–water partition coefficient (Wildman–Crippen LogP) is 6.91. The van der Waals surface area contributed by atoms with Gasteiger partial charge in [0, 0.05) is 29.4 Å². The van der Waals surface area contributed by atoms with E-state index in [1.54, 1.807) is 32.9 Å². The van der Waals surface area contributed by atoms with Crippen molar-refractivity contribution in [3.8, 4) is 22.3 Å². The number of rotatable bonds is 14. The number of nitrogens with zero attached hydrogens (tertiary/aromatic N) is 2. The Morgan fingerprint density at radius 3 is 2.00 bits per heavy atom. The quantitative estimate of drug-likeness (QED) is 0.100. The van der Waals surface area contributed by atoms with Gasteiger partial charge in [0.1, 0.15) is 23.8 Å². The third kappa shape index (κ3) is 9.40. The number of hydrogen-bond acceptors (Lipinski definition) is 6. The zero-order valence-corrected chi connectivity index (χ0v) is 28.4. The molecule has 1 amide bonds. The van der Waals surface area contributed by atoms with Crippen molar-refractivity contribution in [2.75, 3.05) is 6.73 Å². The number of carbonyl (C=O) groups is 2. The Bertz CT molecular complexity index is 1650. The van der Waals surface area contributed by atoms with E-state index in [0.29, 0.717) is 23.2 Å². The molecule has 0 saturated carbocycles.